The first-order chi connectivity index (χ1) is 13.9. The van der Waals surface area contributed by atoms with Crippen LogP contribution in [0.5, 0.6) is 5.75 Å². The van der Waals surface area contributed by atoms with Crippen LogP contribution in [0.15, 0.2) is 77.8 Å². The molecule has 0 aromatic heterocycles. The van der Waals surface area contributed by atoms with E-state index in [4.69, 9.17) is 17.0 Å². The molecule has 3 aromatic carbocycles. The van der Waals surface area contributed by atoms with Gasteiger partial charge in [0, 0.05) is 22.8 Å². The molecule has 0 spiro atoms. The third-order valence-corrected chi connectivity index (χ3v) is 4.80. The number of hydrogen-bond donors (Lipinski definition) is 1. The van der Waals surface area contributed by atoms with Crippen molar-refractivity contribution in [2.45, 2.75) is 32.7 Å². The second kappa shape index (κ2) is 11.7. The van der Waals surface area contributed by atoms with Crippen molar-refractivity contribution in [3.63, 3.8) is 0 Å². The molecule has 29 heavy (non-hydrogen) atoms. The summed E-state index contributed by atoms with van der Waals surface area (Å²) < 4.78 is 0. The van der Waals surface area contributed by atoms with E-state index < -0.39 is 20.8 Å². The van der Waals surface area contributed by atoms with Crippen LogP contribution in [0.2, 0.25) is 0 Å². The van der Waals surface area contributed by atoms with Crippen molar-refractivity contribution in [3.05, 3.63) is 101 Å². The molecular weight excluding hydrogens is 480 g/mol. The first-order valence-corrected chi connectivity index (χ1v) is 15.6. The Kier molecular flexibility index (Phi) is 9.63. The summed E-state index contributed by atoms with van der Waals surface area (Å²) in [4.78, 5) is 4.52. The van der Waals surface area contributed by atoms with E-state index in [1.807, 2.05) is 42.5 Å². The van der Waals surface area contributed by atoms with Crippen molar-refractivity contribution in [2.24, 2.45) is 4.99 Å². The summed E-state index contributed by atoms with van der Waals surface area (Å²) in [7, 11) is 9.87. The third-order valence-electron chi connectivity index (χ3n) is 4.80. The van der Waals surface area contributed by atoms with E-state index in [0.29, 0.717) is 12.3 Å². The molecule has 2 nitrogen and oxygen atoms in total. The van der Waals surface area contributed by atoms with Gasteiger partial charge in [-0.3, -0.25) is 4.99 Å². The van der Waals surface area contributed by atoms with Crippen LogP contribution in [-0.4, -0.2) is 11.3 Å². The number of phenolic OH excluding ortho intramolecular Hbond substituents is 1. The topological polar surface area (TPSA) is 32.6 Å². The Bertz CT molecular complexity index is 928. The van der Waals surface area contributed by atoms with Gasteiger partial charge in [-0.25, -0.2) is 0 Å². The minimum atomic E-state index is -0.826. The van der Waals surface area contributed by atoms with Gasteiger partial charge in [0.1, 0.15) is 5.75 Å². The Balaban J connectivity index is 0.000000941. The number of aromatic hydroxyl groups is 1. The van der Waals surface area contributed by atoms with Gasteiger partial charge in [0.15, 0.2) is 0 Å². The van der Waals surface area contributed by atoms with Gasteiger partial charge < -0.3 is 5.11 Å². The molecule has 3 aromatic rings. The van der Waals surface area contributed by atoms with Crippen molar-refractivity contribution in [3.8, 4) is 5.75 Å². The summed E-state index contributed by atoms with van der Waals surface area (Å²) in [6, 6.07) is 24.5. The van der Waals surface area contributed by atoms with Gasteiger partial charge in [0.05, 0.1) is 6.54 Å². The number of aryl methyl sites for hydroxylation is 1. The van der Waals surface area contributed by atoms with Crippen LogP contribution >= 0.6 is 17.0 Å². The molecule has 0 bridgehead atoms. The van der Waals surface area contributed by atoms with Crippen LogP contribution in [-0.2, 0) is 32.8 Å². The maximum absolute atomic E-state index is 10.9. The van der Waals surface area contributed by atoms with Crippen LogP contribution in [0.25, 0.3) is 0 Å². The van der Waals surface area contributed by atoms with Gasteiger partial charge in [-0.1, -0.05) is 80.6 Å². The molecule has 3 rings (SSSR count). The summed E-state index contributed by atoms with van der Waals surface area (Å²) in [6.07, 6.45) is 1.78. The van der Waals surface area contributed by atoms with E-state index in [1.165, 1.54) is 5.56 Å². The van der Waals surface area contributed by atoms with Crippen LogP contribution in [0.1, 0.15) is 41.7 Å². The number of halogens is 2. The molecule has 0 fully saturated rings. The molecule has 0 radical (unpaired) electrons. The first-order valence-electron chi connectivity index (χ1n) is 9.29. The molecule has 1 N–H and O–H groups in total. The SMILES string of the molecule is Cc1cc(C=NCc2ccccc2)c(O)c(C(C)(C)c2ccccc2)c1.[Cl][Zr][Cl]. The van der Waals surface area contributed by atoms with E-state index in [-0.39, 0.29) is 5.41 Å². The molecule has 0 aliphatic heterocycles. The van der Waals surface area contributed by atoms with Gasteiger partial charge in [0.25, 0.3) is 0 Å². The predicted molar refractivity (Wildman–Crippen MR) is 121 cm³/mol. The van der Waals surface area contributed by atoms with E-state index in [9.17, 15) is 5.11 Å². The summed E-state index contributed by atoms with van der Waals surface area (Å²) in [5, 5.41) is 10.9. The Hall–Kier alpha value is -1.41. The molecule has 0 aliphatic rings. The second-order valence-corrected chi connectivity index (χ2v) is 11.0. The van der Waals surface area contributed by atoms with Crippen LogP contribution in [0.3, 0.4) is 0 Å². The maximum atomic E-state index is 10.9. The fraction of sp³-hybridized carbons (Fsp3) is 0.208. The van der Waals surface area contributed by atoms with Crippen molar-refractivity contribution in [1.82, 2.24) is 0 Å². The van der Waals surface area contributed by atoms with Crippen molar-refractivity contribution < 1.29 is 26.0 Å². The number of phenols is 1. The molecule has 0 saturated heterocycles. The molecular formula is C24H25Cl2NOZr. The summed E-state index contributed by atoms with van der Waals surface area (Å²) in [5.41, 5.74) is 4.83. The average Bonchev–Trinajstić information content (AvgIpc) is 2.72. The number of nitrogens with zero attached hydrogens (tertiary/aromatic N) is 1. The fourth-order valence-corrected chi connectivity index (χ4v) is 3.22. The summed E-state index contributed by atoms with van der Waals surface area (Å²) >= 11 is -0.826. The van der Waals surface area contributed by atoms with E-state index in [0.717, 1.165) is 22.3 Å². The Morgan fingerprint density at radius 3 is 2.10 bits per heavy atom. The third kappa shape index (κ3) is 6.81. The van der Waals surface area contributed by atoms with Gasteiger partial charge in [0.2, 0.25) is 0 Å². The Labute approximate surface area is 192 Å². The molecule has 0 atom stereocenters. The number of benzene rings is 3. The monoisotopic (exact) mass is 503 g/mol. The molecule has 0 unspecified atom stereocenters. The molecule has 0 aliphatic carbocycles. The van der Waals surface area contributed by atoms with E-state index in [2.05, 4.69) is 56.1 Å². The van der Waals surface area contributed by atoms with Crippen molar-refractivity contribution in [2.75, 3.05) is 0 Å². The summed E-state index contributed by atoms with van der Waals surface area (Å²) in [6.45, 7) is 6.94. The number of rotatable bonds is 5. The summed E-state index contributed by atoms with van der Waals surface area (Å²) in [5.74, 6) is 0.307. The van der Waals surface area contributed by atoms with Gasteiger partial charge in [-0.15, -0.1) is 0 Å². The van der Waals surface area contributed by atoms with Crippen molar-refractivity contribution >= 4 is 23.2 Å². The number of aliphatic imine (C=N–C) groups is 1. The molecule has 0 amide bonds. The van der Waals surface area contributed by atoms with Crippen molar-refractivity contribution in [1.29, 1.82) is 0 Å². The normalized spacial score (nSPS) is 11.1. The van der Waals surface area contributed by atoms with Crippen LogP contribution < -0.4 is 0 Å². The Morgan fingerprint density at radius 2 is 1.52 bits per heavy atom. The molecule has 0 saturated carbocycles. The Morgan fingerprint density at radius 1 is 0.966 bits per heavy atom. The van der Waals surface area contributed by atoms with Crippen LogP contribution in [0, 0.1) is 6.92 Å². The molecule has 0 heterocycles. The standard InChI is InChI=1S/C24H25NO.2ClH.Zr/c1-18-14-20(17-25-16-19-10-6-4-7-11-19)23(26)22(15-18)24(2,3)21-12-8-5-9-13-21;;;/h4-15,17,26H,16H2,1-3H3;2*1H;/q;;;+2/p-2. The van der Waals surface area contributed by atoms with Gasteiger partial charge in [-0.05, 0) is 29.7 Å². The number of hydrogen-bond acceptors (Lipinski definition) is 2. The zero-order valence-electron chi connectivity index (χ0n) is 16.9. The van der Waals surface area contributed by atoms with E-state index >= 15 is 0 Å². The van der Waals surface area contributed by atoms with Gasteiger partial charge in [-0.2, -0.15) is 0 Å². The minimum absolute atomic E-state index is 0.292. The van der Waals surface area contributed by atoms with Crippen LogP contribution in [0.4, 0.5) is 0 Å². The van der Waals surface area contributed by atoms with E-state index in [1.54, 1.807) is 6.21 Å². The quantitative estimate of drug-likeness (QED) is 0.371. The first kappa shape index (κ1) is 23.9. The zero-order chi connectivity index (χ0) is 21.3. The molecule has 150 valence electrons. The molecule has 5 heteroatoms. The second-order valence-electron chi connectivity index (χ2n) is 7.27. The predicted octanol–water partition coefficient (Wildman–Crippen LogP) is 7.02. The zero-order valence-corrected chi connectivity index (χ0v) is 20.8. The van der Waals surface area contributed by atoms with Gasteiger partial charge >= 0.3 is 37.9 Å². The fourth-order valence-electron chi connectivity index (χ4n) is 3.22. The average molecular weight is 506 g/mol.